The van der Waals surface area contributed by atoms with Crippen molar-refractivity contribution < 1.29 is 4.79 Å². The third kappa shape index (κ3) is 4.02. The number of aromatic nitrogens is 3. The Morgan fingerprint density at radius 1 is 1.29 bits per heavy atom. The fraction of sp³-hybridized carbons (Fsp3) is 0.526. The summed E-state index contributed by atoms with van der Waals surface area (Å²) < 4.78 is 2.16. The van der Waals surface area contributed by atoms with Crippen molar-refractivity contribution in [3.8, 4) is 11.3 Å². The van der Waals surface area contributed by atoms with Gasteiger partial charge in [-0.3, -0.25) is 14.5 Å². The van der Waals surface area contributed by atoms with E-state index in [2.05, 4.69) is 28.0 Å². The molecule has 128 valence electrons. The molecule has 5 nitrogen and oxygen atoms in total. The molecule has 0 bridgehead atoms. The highest BCUT2D eigenvalue weighted by Crippen LogP contribution is 2.33. The van der Waals surface area contributed by atoms with Gasteiger partial charge in [-0.15, -0.1) is 0 Å². The van der Waals surface area contributed by atoms with Gasteiger partial charge < -0.3 is 5.32 Å². The van der Waals surface area contributed by atoms with Crippen LogP contribution in [-0.2, 0) is 11.3 Å². The molecule has 0 spiro atoms. The van der Waals surface area contributed by atoms with Crippen molar-refractivity contribution in [2.45, 2.75) is 64.5 Å². The minimum Gasteiger partial charge on any atom is -0.350 e. The largest absolute Gasteiger partial charge is 0.350 e. The van der Waals surface area contributed by atoms with Crippen LogP contribution in [0.3, 0.4) is 0 Å². The second kappa shape index (κ2) is 8.08. The van der Waals surface area contributed by atoms with Crippen LogP contribution in [-0.4, -0.2) is 20.7 Å². The zero-order valence-electron chi connectivity index (χ0n) is 14.4. The molecule has 3 rings (SSSR count). The predicted octanol–water partition coefficient (Wildman–Crippen LogP) is 3.87. The van der Waals surface area contributed by atoms with E-state index in [4.69, 9.17) is 5.10 Å². The lowest BCUT2D eigenvalue weighted by atomic mass is 10.1. The van der Waals surface area contributed by atoms with E-state index in [9.17, 15) is 4.79 Å². The quantitative estimate of drug-likeness (QED) is 0.840. The van der Waals surface area contributed by atoms with Gasteiger partial charge in [-0.1, -0.05) is 26.2 Å². The first-order chi connectivity index (χ1) is 11.8. The van der Waals surface area contributed by atoms with Gasteiger partial charge in [-0.2, -0.15) is 5.10 Å². The van der Waals surface area contributed by atoms with Gasteiger partial charge in [0, 0.05) is 24.4 Å². The summed E-state index contributed by atoms with van der Waals surface area (Å²) in [5.74, 6) is 0.109. The molecule has 1 N–H and O–H groups in total. The van der Waals surface area contributed by atoms with E-state index in [0.29, 0.717) is 19.0 Å². The molecular weight excluding hydrogens is 300 g/mol. The number of amides is 1. The summed E-state index contributed by atoms with van der Waals surface area (Å²) in [5, 5.41) is 7.79. The maximum Gasteiger partial charge on any atom is 0.220 e. The van der Waals surface area contributed by atoms with E-state index in [0.717, 1.165) is 29.8 Å². The number of carbonyl (C=O) groups is 1. The smallest absolute Gasteiger partial charge is 0.220 e. The molecule has 1 fully saturated rings. The van der Waals surface area contributed by atoms with Crippen LogP contribution in [0.15, 0.2) is 30.6 Å². The second-order valence-corrected chi connectivity index (χ2v) is 6.52. The van der Waals surface area contributed by atoms with E-state index in [1.807, 2.05) is 24.5 Å². The van der Waals surface area contributed by atoms with Crippen LogP contribution in [0.25, 0.3) is 11.3 Å². The van der Waals surface area contributed by atoms with Gasteiger partial charge in [0.25, 0.3) is 0 Å². The molecule has 0 saturated heterocycles. The highest BCUT2D eigenvalue weighted by atomic mass is 16.1. The Morgan fingerprint density at radius 3 is 2.75 bits per heavy atom. The summed E-state index contributed by atoms with van der Waals surface area (Å²) in [4.78, 5) is 15.9. The number of nitrogens with zero attached hydrogens (tertiary/aromatic N) is 3. The summed E-state index contributed by atoms with van der Waals surface area (Å²) in [5.41, 5.74) is 3.19. The number of hydrogen-bond donors (Lipinski definition) is 1. The lowest BCUT2D eigenvalue weighted by molar-refractivity contribution is -0.121. The average Bonchev–Trinajstić information content (AvgIpc) is 3.28. The Hall–Kier alpha value is -2.17. The number of pyridine rings is 1. The van der Waals surface area contributed by atoms with Crippen LogP contribution in [0.1, 0.15) is 63.6 Å². The molecule has 2 aromatic heterocycles. The predicted molar refractivity (Wildman–Crippen MR) is 94.3 cm³/mol. The molecule has 1 amide bonds. The van der Waals surface area contributed by atoms with Gasteiger partial charge in [0.15, 0.2) is 0 Å². The molecule has 24 heavy (non-hydrogen) atoms. The molecule has 1 aliphatic rings. The summed E-state index contributed by atoms with van der Waals surface area (Å²) in [6.07, 6.45) is 11.1. The van der Waals surface area contributed by atoms with E-state index < -0.39 is 0 Å². The van der Waals surface area contributed by atoms with E-state index >= 15 is 0 Å². The van der Waals surface area contributed by atoms with Crippen molar-refractivity contribution in [2.24, 2.45) is 0 Å². The lowest BCUT2D eigenvalue weighted by Crippen LogP contribution is -2.22. The third-order valence-corrected chi connectivity index (χ3v) is 4.66. The van der Waals surface area contributed by atoms with Crippen molar-refractivity contribution in [3.05, 3.63) is 36.3 Å². The Labute approximate surface area is 143 Å². The highest BCUT2D eigenvalue weighted by molar-refractivity contribution is 5.75. The van der Waals surface area contributed by atoms with Crippen LogP contribution in [0.4, 0.5) is 0 Å². The Balaban J connectivity index is 1.77. The maximum atomic E-state index is 11.8. The van der Waals surface area contributed by atoms with Crippen LogP contribution in [0, 0.1) is 0 Å². The fourth-order valence-corrected chi connectivity index (χ4v) is 3.31. The molecule has 0 aromatic carbocycles. The number of unbranched alkanes of at least 4 members (excludes halogenated alkanes) is 1. The molecular formula is C19H26N4O. The topological polar surface area (TPSA) is 59.8 Å². The fourth-order valence-electron chi connectivity index (χ4n) is 3.31. The van der Waals surface area contributed by atoms with Gasteiger partial charge in [0.1, 0.15) is 0 Å². The number of nitrogens with one attached hydrogen (secondary N) is 1. The third-order valence-electron chi connectivity index (χ3n) is 4.66. The van der Waals surface area contributed by atoms with Crippen molar-refractivity contribution in [2.75, 3.05) is 0 Å². The van der Waals surface area contributed by atoms with E-state index in [1.54, 1.807) is 0 Å². The monoisotopic (exact) mass is 326 g/mol. The standard InChI is InChI=1S/C19H26N4O/c1-2-3-8-19(24)21-14-16-13-18(15-9-11-20-12-10-15)23(22-16)17-6-4-5-7-17/h9-13,17H,2-8,14H2,1H3,(H,21,24). The van der Waals surface area contributed by atoms with E-state index in [-0.39, 0.29) is 5.91 Å². The lowest BCUT2D eigenvalue weighted by Gasteiger charge is -2.14. The highest BCUT2D eigenvalue weighted by Gasteiger charge is 2.22. The number of rotatable bonds is 7. The van der Waals surface area contributed by atoms with Crippen molar-refractivity contribution in [1.82, 2.24) is 20.1 Å². The summed E-state index contributed by atoms with van der Waals surface area (Å²) in [6, 6.07) is 6.61. The van der Waals surface area contributed by atoms with Gasteiger partial charge in [-0.25, -0.2) is 0 Å². The molecule has 2 aromatic rings. The second-order valence-electron chi connectivity index (χ2n) is 6.52. The first-order valence-electron chi connectivity index (χ1n) is 9.03. The van der Waals surface area contributed by atoms with Gasteiger partial charge in [0.05, 0.1) is 24.0 Å². The minimum atomic E-state index is 0.109. The molecule has 0 radical (unpaired) electrons. The summed E-state index contributed by atoms with van der Waals surface area (Å²) >= 11 is 0. The molecule has 2 heterocycles. The molecule has 1 aliphatic carbocycles. The van der Waals surface area contributed by atoms with Gasteiger partial charge in [-0.05, 0) is 37.5 Å². The summed E-state index contributed by atoms with van der Waals surface area (Å²) in [7, 11) is 0. The van der Waals surface area contributed by atoms with Gasteiger partial charge in [0.2, 0.25) is 5.91 Å². The number of hydrogen-bond acceptors (Lipinski definition) is 3. The molecule has 0 unspecified atom stereocenters. The van der Waals surface area contributed by atoms with Crippen LogP contribution >= 0.6 is 0 Å². The maximum absolute atomic E-state index is 11.8. The van der Waals surface area contributed by atoms with Crippen molar-refractivity contribution >= 4 is 5.91 Å². The van der Waals surface area contributed by atoms with Crippen LogP contribution < -0.4 is 5.32 Å². The Bertz CT molecular complexity index is 659. The normalized spacial score (nSPS) is 14.9. The first kappa shape index (κ1) is 16.7. The van der Waals surface area contributed by atoms with E-state index in [1.165, 1.54) is 25.7 Å². The minimum absolute atomic E-state index is 0.109. The average molecular weight is 326 g/mol. The van der Waals surface area contributed by atoms with Crippen molar-refractivity contribution in [3.63, 3.8) is 0 Å². The molecule has 5 heteroatoms. The Morgan fingerprint density at radius 2 is 2.04 bits per heavy atom. The Kier molecular flexibility index (Phi) is 5.62. The number of carbonyl (C=O) groups excluding carboxylic acids is 1. The first-order valence-corrected chi connectivity index (χ1v) is 9.03. The van der Waals surface area contributed by atoms with Crippen LogP contribution in [0.5, 0.6) is 0 Å². The summed E-state index contributed by atoms with van der Waals surface area (Å²) in [6.45, 7) is 2.60. The molecule has 1 saturated carbocycles. The van der Waals surface area contributed by atoms with Crippen LogP contribution in [0.2, 0.25) is 0 Å². The van der Waals surface area contributed by atoms with Gasteiger partial charge >= 0.3 is 0 Å². The SMILES string of the molecule is CCCCC(=O)NCc1cc(-c2ccncc2)n(C2CCCC2)n1. The zero-order chi connectivity index (χ0) is 16.8. The molecule has 0 atom stereocenters. The zero-order valence-corrected chi connectivity index (χ0v) is 14.4. The van der Waals surface area contributed by atoms with Crippen molar-refractivity contribution in [1.29, 1.82) is 0 Å². The molecule has 0 aliphatic heterocycles.